The topological polar surface area (TPSA) is 69.4 Å². The van der Waals surface area contributed by atoms with E-state index in [0.717, 1.165) is 0 Å². The fourth-order valence-electron chi connectivity index (χ4n) is 0.979. The molecule has 13 heavy (non-hydrogen) atoms. The summed E-state index contributed by atoms with van der Waals surface area (Å²) >= 11 is 0. The molecule has 68 valence electrons. The van der Waals surface area contributed by atoms with Gasteiger partial charge in [0.15, 0.2) is 6.29 Å². The van der Waals surface area contributed by atoms with Gasteiger partial charge in [-0.1, -0.05) is 0 Å². The minimum atomic E-state index is -0.638. The summed E-state index contributed by atoms with van der Waals surface area (Å²) < 4.78 is 4.88. The molecule has 4 nitrogen and oxygen atoms in total. The van der Waals surface area contributed by atoms with Crippen molar-refractivity contribution >= 4 is 12.2 Å². The molecule has 0 unspecified atom stereocenters. The zero-order valence-corrected chi connectivity index (χ0v) is 7.11. The number of methoxy groups -OCH3 is 1. The lowest BCUT2D eigenvalue weighted by Crippen LogP contribution is -2.13. The maximum Gasteiger partial charge on any atom is 0.249 e. The second-order valence-electron chi connectivity index (χ2n) is 2.44. The molecule has 0 saturated carbocycles. The molecule has 1 aromatic rings. The molecule has 0 atom stereocenters. The molecule has 0 aromatic heterocycles. The Labute approximate surface area is 75.3 Å². The molecule has 0 spiro atoms. The van der Waals surface area contributed by atoms with Crippen LogP contribution >= 0.6 is 0 Å². The van der Waals surface area contributed by atoms with Gasteiger partial charge in [-0.05, 0) is 18.2 Å². The highest BCUT2D eigenvalue weighted by atomic mass is 16.5. The summed E-state index contributed by atoms with van der Waals surface area (Å²) in [5.41, 5.74) is 5.51. The van der Waals surface area contributed by atoms with Gasteiger partial charge < -0.3 is 10.5 Å². The average molecular weight is 179 g/mol. The van der Waals surface area contributed by atoms with Crippen molar-refractivity contribution in [2.24, 2.45) is 5.73 Å². The Morgan fingerprint density at radius 1 is 1.54 bits per heavy atom. The number of rotatable bonds is 3. The first-order chi connectivity index (χ1) is 6.19. The van der Waals surface area contributed by atoms with E-state index in [-0.39, 0.29) is 11.1 Å². The fraction of sp³-hybridized carbons (Fsp3) is 0.111. The van der Waals surface area contributed by atoms with Crippen LogP contribution in [0.3, 0.4) is 0 Å². The van der Waals surface area contributed by atoms with Crippen LogP contribution in [0.15, 0.2) is 18.2 Å². The smallest absolute Gasteiger partial charge is 0.249 e. The standard InChI is InChI=1S/C9H9NO3/c1-13-7-3-2-6(5-11)8(4-7)9(10)12/h2-5H,1H3,(H2,10,12). The van der Waals surface area contributed by atoms with E-state index in [9.17, 15) is 9.59 Å². The number of primary amides is 1. The summed E-state index contributed by atoms with van der Waals surface area (Å²) in [7, 11) is 1.47. The normalized spacial score (nSPS) is 9.31. The Balaban J connectivity index is 3.25. The molecule has 1 rings (SSSR count). The van der Waals surface area contributed by atoms with Crippen LogP contribution in [0.2, 0.25) is 0 Å². The fourth-order valence-corrected chi connectivity index (χ4v) is 0.979. The van der Waals surface area contributed by atoms with Gasteiger partial charge in [-0.2, -0.15) is 0 Å². The number of hydrogen-bond acceptors (Lipinski definition) is 3. The van der Waals surface area contributed by atoms with Crippen LogP contribution in [0.5, 0.6) is 5.75 Å². The van der Waals surface area contributed by atoms with Crippen LogP contribution in [0.1, 0.15) is 20.7 Å². The second kappa shape index (κ2) is 3.71. The van der Waals surface area contributed by atoms with E-state index in [1.54, 1.807) is 6.07 Å². The second-order valence-corrected chi connectivity index (χ2v) is 2.44. The molecule has 4 heteroatoms. The Morgan fingerprint density at radius 3 is 2.69 bits per heavy atom. The summed E-state index contributed by atoms with van der Waals surface area (Å²) in [6.07, 6.45) is 0.583. The van der Waals surface area contributed by atoms with Crippen LogP contribution in [-0.4, -0.2) is 19.3 Å². The van der Waals surface area contributed by atoms with Gasteiger partial charge in [0.1, 0.15) is 5.75 Å². The minimum absolute atomic E-state index is 0.175. The molecule has 1 amide bonds. The highest BCUT2D eigenvalue weighted by Crippen LogP contribution is 2.15. The summed E-state index contributed by atoms with van der Waals surface area (Å²) in [6.45, 7) is 0. The lowest BCUT2D eigenvalue weighted by molar-refractivity contribution is 0.0992. The molecule has 1 aromatic carbocycles. The first kappa shape index (κ1) is 9.25. The average Bonchev–Trinajstić information content (AvgIpc) is 2.16. The van der Waals surface area contributed by atoms with E-state index in [2.05, 4.69) is 0 Å². The Morgan fingerprint density at radius 2 is 2.23 bits per heavy atom. The third kappa shape index (κ3) is 1.84. The van der Waals surface area contributed by atoms with Crippen LogP contribution in [-0.2, 0) is 0 Å². The minimum Gasteiger partial charge on any atom is -0.497 e. The van der Waals surface area contributed by atoms with Gasteiger partial charge in [0.25, 0.3) is 0 Å². The molecule has 0 aliphatic heterocycles. The van der Waals surface area contributed by atoms with E-state index in [4.69, 9.17) is 10.5 Å². The van der Waals surface area contributed by atoms with Crippen molar-refractivity contribution in [3.05, 3.63) is 29.3 Å². The number of carbonyl (C=O) groups is 2. The highest BCUT2D eigenvalue weighted by Gasteiger charge is 2.08. The maximum absolute atomic E-state index is 10.9. The van der Waals surface area contributed by atoms with Gasteiger partial charge in [0.2, 0.25) is 5.91 Å². The summed E-state index contributed by atoms with van der Waals surface area (Å²) in [5, 5.41) is 0. The quantitative estimate of drug-likeness (QED) is 0.691. The molecule has 0 radical (unpaired) electrons. The van der Waals surface area contributed by atoms with Gasteiger partial charge in [-0.15, -0.1) is 0 Å². The van der Waals surface area contributed by atoms with Crippen LogP contribution in [0.4, 0.5) is 0 Å². The SMILES string of the molecule is COc1ccc(C=O)c(C(N)=O)c1. The molecule has 0 bridgehead atoms. The number of hydrogen-bond donors (Lipinski definition) is 1. The van der Waals surface area contributed by atoms with E-state index in [1.807, 2.05) is 0 Å². The van der Waals surface area contributed by atoms with Crippen LogP contribution in [0, 0.1) is 0 Å². The number of nitrogens with two attached hydrogens (primary N) is 1. The first-order valence-corrected chi connectivity index (χ1v) is 3.62. The highest BCUT2D eigenvalue weighted by molar-refractivity contribution is 6.00. The summed E-state index contributed by atoms with van der Waals surface area (Å²) in [4.78, 5) is 21.3. The summed E-state index contributed by atoms with van der Waals surface area (Å²) in [5.74, 6) is -0.139. The number of carbonyl (C=O) groups excluding carboxylic acids is 2. The molecule has 0 aliphatic rings. The number of amides is 1. The predicted molar refractivity (Wildman–Crippen MR) is 46.9 cm³/mol. The number of benzene rings is 1. The zero-order chi connectivity index (χ0) is 9.84. The third-order valence-electron chi connectivity index (χ3n) is 1.65. The Kier molecular flexibility index (Phi) is 2.64. The molecular weight excluding hydrogens is 170 g/mol. The first-order valence-electron chi connectivity index (χ1n) is 3.62. The van der Waals surface area contributed by atoms with Crippen molar-refractivity contribution in [2.75, 3.05) is 7.11 Å². The molecule has 0 fully saturated rings. The van der Waals surface area contributed by atoms with Crippen molar-refractivity contribution < 1.29 is 14.3 Å². The van der Waals surface area contributed by atoms with Crippen molar-refractivity contribution in [1.82, 2.24) is 0 Å². The molecule has 0 aliphatic carbocycles. The molecular formula is C9H9NO3. The van der Waals surface area contributed by atoms with E-state index in [1.165, 1.54) is 19.2 Å². The van der Waals surface area contributed by atoms with Crippen molar-refractivity contribution in [2.45, 2.75) is 0 Å². The zero-order valence-electron chi connectivity index (χ0n) is 7.11. The molecule has 2 N–H and O–H groups in total. The van der Waals surface area contributed by atoms with Gasteiger partial charge >= 0.3 is 0 Å². The van der Waals surface area contributed by atoms with Crippen molar-refractivity contribution in [1.29, 1.82) is 0 Å². The lowest BCUT2D eigenvalue weighted by atomic mass is 10.1. The maximum atomic E-state index is 10.9. The van der Waals surface area contributed by atoms with E-state index in [0.29, 0.717) is 12.0 Å². The van der Waals surface area contributed by atoms with Gasteiger partial charge in [-0.3, -0.25) is 9.59 Å². The van der Waals surface area contributed by atoms with Crippen molar-refractivity contribution in [3.63, 3.8) is 0 Å². The van der Waals surface area contributed by atoms with Crippen LogP contribution in [0.25, 0.3) is 0 Å². The largest absolute Gasteiger partial charge is 0.497 e. The lowest BCUT2D eigenvalue weighted by Gasteiger charge is -2.03. The van der Waals surface area contributed by atoms with Gasteiger partial charge in [0.05, 0.1) is 12.7 Å². The Hall–Kier alpha value is -1.84. The van der Waals surface area contributed by atoms with E-state index >= 15 is 0 Å². The third-order valence-corrected chi connectivity index (χ3v) is 1.65. The van der Waals surface area contributed by atoms with Crippen molar-refractivity contribution in [3.8, 4) is 5.75 Å². The molecule has 0 saturated heterocycles. The number of ether oxygens (including phenoxy) is 1. The predicted octanol–water partition coefficient (Wildman–Crippen LogP) is 0.607. The monoisotopic (exact) mass is 179 g/mol. The summed E-state index contributed by atoms with van der Waals surface area (Å²) in [6, 6.07) is 4.52. The Bertz CT molecular complexity index is 347. The number of aldehydes is 1. The molecule has 0 heterocycles. The van der Waals surface area contributed by atoms with Crippen LogP contribution < -0.4 is 10.5 Å². The van der Waals surface area contributed by atoms with Gasteiger partial charge in [-0.25, -0.2) is 0 Å². The van der Waals surface area contributed by atoms with E-state index < -0.39 is 5.91 Å². The van der Waals surface area contributed by atoms with Gasteiger partial charge in [0, 0.05) is 5.56 Å².